The summed E-state index contributed by atoms with van der Waals surface area (Å²) in [6, 6.07) is -0.204. The second kappa shape index (κ2) is 6.79. The van der Waals surface area contributed by atoms with Gasteiger partial charge in [0.2, 0.25) is 0 Å². The van der Waals surface area contributed by atoms with E-state index in [2.05, 4.69) is 6.92 Å². The number of rotatable bonds is 6. The van der Waals surface area contributed by atoms with Gasteiger partial charge in [-0.05, 0) is 6.42 Å². The SMILES string of the molecule is [B][C@@H]1OC[C@H](OC)C1SC(C)CCOC. The van der Waals surface area contributed by atoms with Gasteiger partial charge >= 0.3 is 0 Å². The Labute approximate surface area is 97.6 Å². The molecule has 3 nitrogen and oxygen atoms in total. The first-order valence-corrected chi connectivity index (χ1v) is 6.17. The molecule has 15 heavy (non-hydrogen) atoms. The Kier molecular flexibility index (Phi) is 6.04. The highest BCUT2D eigenvalue weighted by atomic mass is 32.2. The molecule has 0 bridgehead atoms. The maximum atomic E-state index is 5.87. The average Bonchev–Trinajstić information content (AvgIpc) is 2.57. The maximum absolute atomic E-state index is 5.87. The van der Waals surface area contributed by atoms with Crippen LogP contribution in [0, 0.1) is 0 Å². The van der Waals surface area contributed by atoms with Gasteiger partial charge in [-0.2, -0.15) is 11.8 Å². The van der Waals surface area contributed by atoms with Gasteiger partial charge in [0.25, 0.3) is 0 Å². The van der Waals surface area contributed by atoms with Crippen LogP contribution in [0.2, 0.25) is 0 Å². The second-order valence-corrected chi connectivity index (χ2v) is 5.39. The van der Waals surface area contributed by atoms with E-state index in [1.807, 2.05) is 11.8 Å². The summed E-state index contributed by atoms with van der Waals surface area (Å²) >= 11 is 1.83. The predicted octanol–water partition coefficient (Wildman–Crippen LogP) is 1.05. The predicted molar refractivity (Wildman–Crippen MR) is 63.6 cm³/mol. The van der Waals surface area contributed by atoms with Crippen molar-refractivity contribution in [3.8, 4) is 0 Å². The zero-order valence-electron chi connectivity index (χ0n) is 9.64. The molecule has 1 aliphatic heterocycles. The highest BCUT2D eigenvalue weighted by Crippen LogP contribution is 2.31. The third kappa shape index (κ3) is 3.98. The number of hydrogen-bond donors (Lipinski definition) is 0. The fourth-order valence-electron chi connectivity index (χ4n) is 1.59. The molecular weight excluding hydrogens is 211 g/mol. The minimum atomic E-state index is -0.204. The molecule has 0 aromatic carbocycles. The zero-order valence-corrected chi connectivity index (χ0v) is 10.5. The molecule has 0 amide bonds. The molecule has 1 aliphatic rings. The highest BCUT2D eigenvalue weighted by Gasteiger charge is 2.35. The van der Waals surface area contributed by atoms with E-state index in [9.17, 15) is 0 Å². The van der Waals surface area contributed by atoms with Crippen molar-refractivity contribution in [2.24, 2.45) is 0 Å². The van der Waals surface area contributed by atoms with Crippen molar-refractivity contribution in [2.45, 2.75) is 36.0 Å². The number of hydrogen-bond acceptors (Lipinski definition) is 4. The Balaban J connectivity index is 2.34. The van der Waals surface area contributed by atoms with Gasteiger partial charge in [-0.25, -0.2) is 0 Å². The molecule has 0 aromatic rings. The van der Waals surface area contributed by atoms with Crippen molar-refractivity contribution >= 4 is 19.6 Å². The van der Waals surface area contributed by atoms with Gasteiger partial charge in [0, 0.05) is 32.1 Å². The van der Waals surface area contributed by atoms with E-state index >= 15 is 0 Å². The number of thioether (sulfide) groups is 1. The summed E-state index contributed by atoms with van der Waals surface area (Å²) in [4.78, 5) is 0. The molecule has 1 saturated heterocycles. The lowest BCUT2D eigenvalue weighted by atomic mass is 9.96. The van der Waals surface area contributed by atoms with Crippen molar-refractivity contribution in [3.63, 3.8) is 0 Å². The van der Waals surface area contributed by atoms with Gasteiger partial charge in [0.1, 0.15) is 7.85 Å². The first-order chi connectivity index (χ1) is 7.19. The molecule has 0 aliphatic carbocycles. The van der Waals surface area contributed by atoms with Gasteiger partial charge < -0.3 is 14.2 Å². The average molecular weight is 230 g/mol. The summed E-state index contributed by atoms with van der Waals surface area (Å²) in [5.74, 6) is 0. The minimum absolute atomic E-state index is 0.120. The summed E-state index contributed by atoms with van der Waals surface area (Å²) in [5.41, 5.74) is 0. The Hall–Kier alpha value is 0.295. The van der Waals surface area contributed by atoms with Crippen LogP contribution in [0.5, 0.6) is 0 Å². The van der Waals surface area contributed by atoms with Gasteiger partial charge in [-0.1, -0.05) is 6.92 Å². The number of methoxy groups -OCH3 is 2. The largest absolute Gasteiger partial charge is 0.385 e. The van der Waals surface area contributed by atoms with Crippen molar-refractivity contribution in [1.82, 2.24) is 0 Å². The van der Waals surface area contributed by atoms with Crippen molar-refractivity contribution in [3.05, 3.63) is 0 Å². The molecule has 1 rings (SSSR count). The molecule has 0 N–H and O–H groups in total. The van der Waals surface area contributed by atoms with Crippen LogP contribution in [0.3, 0.4) is 0 Å². The van der Waals surface area contributed by atoms with Crippen LogP contribution in [-0.4, -0.2) is 57.9 Å². The first-order valence-electron chi connectivity index (χ1n) is 5.23. The standard InChI is InChI=1S/C10H19BO3S/c1-7(4-5-12-2)15-9-8(13-3)6-14-10(9)11/h7-10H,4-6H2,1-3H3/t7?,8-,9?,10+/m0/s1. The number of ether oxygens (including phenoxy) is 3. The molecule has 4 atom stereocenters. The van der Waals surface area contributed by atoms with Gasteiger partial charge in [0.15, 0.2) is 0 Å². The molecule has 2 unspecified atom stereocenters. The van der Waals surface area contributed by atoms with E-state index in [0.717, 1.165) is 13.0 Å². The quantitative estimate of drug-likeness (QED) is 0.637. The fraction of sp³-hybridized carbons (Fsp3) is 1.00. The smallest absolute Gasteiger partial charge is 0.110 e. The maximum Gasteiger partial charge on any atom is 0.110 e. The summed E-state index contributed by atoms with van der Waals surface area (Å²) in [6.07, 6.45) is 1.15. The van der Waals surface area contributed by atoms with Crippen molar-refractivity contribution in [1.29, 1.82) is 0 Å². The zero-order chi connectivity index (χ0) is 11.3. The summed E-state index contributed by atoms with van der Waals surface area (Å²) in [6.45, 7) is 3.57. The lowest BCUT2D eigenvalue weighted by Gasteiger charge is -2.23. The summed E-state index contributed by atoms with van der Waals surface area (Å²) in [5, 5.41) is 0.752. The Bertz CT molecular complexity index is 182. The topological polar surface area (TPSA) is 27.7 Å². The molecule has 1 heterocycles. The van der Waals surface area contributed by atoms with E-state index < -0.39 is 0 Å². The van der Waals surface area contributed by atoms with E-state index in [1.165, 1.54) is 0 Å². The Morgan fingerprint density at radius 2 is 2.27 bits per heavy atom. The Morgan fingerprint density at radius 1 is 1.53 bits per heavy atom. The summed E-state index contributed by atoms with van der Waals surface area (Å²) < 4.78 is 15.8. The van der Waals surface area contributed by atoms with Gasteiger partial charge in [-0.3, -0.25) is 0 Å². The van der Waals surface area contributed by atoms with E-state index in [1.54, 1.807) is 14.2 Å². The van der Waals surface area contributed by atoms with E-state index in [0.29, 0.717) is 11.9 Å². The third-order valence-corrected chi connectivity index (χ3v) is 4.15. The molecule has 1 fully saturated rings. The normalized spacial score (nSPS) is 33.1. The second-order valence-electron chi connectivity index (χ2n) is 3.76. The molecule has 0 aromatic heterocycles. The van der Waals surface area contributed by atoms with Crippen LogP contribution in [0.15, 0.2) is 0 Å². The molecule has 86 valence electrons. The van der Waals surface area contributed by atoms with Gasteiger partial charge in [0.05, 0.1) is 18.0 Å². The molecule has 2 radical (unpaired) electrons. The van der Waals surface area contributed by atoms with Crippen LogP contribution >= 0.6 is 11.8 Å². The Morgan fingerprint density at radius 3 is 2.87 bits per heavy atom. The fourth-order valence-corrected chi connectivity index (χ4v) is 2.96. The lowest BCUT2D eigenvalue weighted by molar-refractivity contribution is 0.0797. The molecular formula is C10H19BO3S. The monoisotopic (exact) mass is 230 g/mol. The molecule has 0 saturated carbocycles. The third-order valence-electron chi connectivity index (χ3n) is 2.56. The van der Waals surface area contributed by atoms with Crippen LogP contribution < -0.4 is 0 Å². The molecule has 5 heteroatoms. The van der Waals surface area contributed by atoms with Gasteiger partial charge in [-0.15, -0.1) is 0 Å². The van der Waals surface area contributed by atoms with E-state index in [-0.39, 0.29) is 17.4 Å². The minimum Gasteiger partial charge on any atom is -0.385 e. The van der Waals surface area contributed by atoms with E-state index in [4.69, 9.17) is 22.1 Å². The van der Waals surface area contributed by atoms with Crippen LogP contribution in [0.1, 0.15) is 13.3 Å². The van der Waals surface area contributed by atoms with Crippen LogP contribution in [0.4, 0.5) is 0 Å². The van der Waals surface area contributed by atoms with Crippen LogP contribution in [-0.2, 0) is 14.2 Å². The van der Waals surface area contributed by atoms with Crippen molar-refractivity contribution < 1.29 is 14.2 Å². The van der Waals surface area contributed by atoms with Crippen molar-refractivity contribution in [2.75, 3.05) is 27.4 Å². The highest BCUT2D eigenvalue weighted by molar-refractivity contribution is 8.00. The first kappa shape index (κ1) is 13.4. The summed E-state index contributed by atoms with van der Waals surface area (Å²) in [7, 11) is 9.30. The lowest BCUT2D eigenvalue weighted by Crippen LogP contribution is -2.30. The molecule has 0 spiro atoms. The van der Waals surface area contributed by atoms with Crippen LogP contribution in [0.25, 0.3) is 0 Å².